The van der Waals surface area contributed by atoms with Crippen LogP contribution in [-0.2, 0) is 13.0 Å². The third-order valence-corrected chi connectivity index (χ3v) is 6.05. The fourth-order valence-corrected chi connectivity index (χ4v) is 4.77. The van der Waals surface area contributed by atoms with E-state index >= 15 is 0 Å². The summed E-state index contributed by atoms with van der Waals surface area (Å²) in [6.45, 7) is 1.71. The lowest BCUT2D eigenvalue weighted by Crippen LogP contribution is -2.42. The normalized spacial score (nSPS) is 20.6. The van der Waals surface area contributed by atoms with E-state index in [2.05, 4.69) is 23.1 Å². The molecule has 2 atom stereocenters. The van der Waals surface area contributed by atoms with Crippen LogP contribution in [0, 0.1) is 0 Å². The van der Waals surface area contributed by atoms with Gasteiger partial charge in [-0.2, -0.15) is 0 Å². The number of hydrogen-bond acceptors (Lipinski definition) is 6. The molecule has 6 heteroatoms. The number of rotatable bonds is 5. The molecule has 0 aromatic heterocycles. The molecular formula is C22H27NO5. The summed E-state index contributed by atoms with van der Waals surface area (Å²) in [7, 11) is 6.63. The Morgan fingerprint density at radius 1 is 0.929 bits per heavy atom. The lowest BCUT2D eigenvalue weighted by molar-refractivity contribution is 0.0998. The predicted molar refractivity (Wildman–Crippen MR) is 106 cm³/mol. The number of aliphatic hydroxyl groups excluding tert-OH is 1. The molecule has 0 amide bonds. The second-order valence-corrected chi connectivity index (χ2v) is 7.23. The van der Waals surface area contributed by atoms with Gasteiger partial charge in [0, 0.05) is 30.6 Å². The summed E-state index contributed by atoms with van der Waals surface area (Å²) in [4.78, 5) is 2.42. The van der Waals surface area contributed by atoms with Gasteiger partial charge in [-0.05, 0) is 41.3 Å². The van der Waals surface area contributed by atoms with Gasteiger partial charge < -0.3 is 24.1 Å². The van der Waals surface area contributed by atoms with Crippen molar-refractivity contribution in [3.05, 3.63) is 46.5 Å². The summed E-state index contributed by atoms with van der Waals surface area (Å²) in [5.41, 5.74) is 4.66. The van der Waals surface area contributed by atoms with Crippen LogP contribution in [0.15, 0.2) is 24.3 Å². The van der Waals surface area contributed by atoms with Crippen LogP contribution < -0.4 is 18.9 Å². The van der Waals surface area contributed by atoms with Gasteiger partial charge in [0.25, 0.3) is 0 Å². The fourth-order valence-electron chi connectivity index (χ4n) is 4.77. The molecule has 4 rings (SSSR count). The minimum absolute atomic E-state index is 0.0530. The summed E-state index contributed by atoms with van der Waals surface area (Å²) < 4.78 is 22.2. The van der Waals surface area contributed by atoms with Crippen LogP contribution in [0.3, 0.4) is 0 Å². The van der Waals surface area contributed by atoms with E-state index in [-0.39, 0.29) is 18.6 Å². The maximum absolute atomic E-state index is 10.4. The number of methoxy groups -OCH3 is 4. The van der Waals surface area contributed by atoms with Crippen molar-refractivity contribution >= 4 is 0 Å². The van der Waals surface area contributed by atoms with E-state index in [1.54, 1.807) is 28.4 Å². The van der Waals surface area contributed by atoms with Crippen LogP contribution in [0.1, 0.15) is 34.2 Å². The zero-order chi connectivity index (χ0) is 19.8. The van der Waals surface area contributed by atoms with Gasteiger partial charge in [0.1, 0.15) is 0 Å². The topological polar surface area (TPSA) is 60.4 Å². The van der Waals surface area contributed by atoms with Crippen molar-refractivity contribution in [1.29, 1.82) is 0 Å². The molecule has 0 fully saturated rings. The van der Waals surface area contributed by atoms with Crippen LogP contribution >= 0.6 is 0 Å². The first-order chi connectivity index (χ1) is 13.7. The van der Waals surface area contributed by atoms with Gasteiger partial charge >= 0.3 is 0 Å². The predicted octanol–water partition coefficient (Wildman–Crippen LogP) is 2.91. The van der Waals surface area contributed by atoms with E-state index in [1.807, 2.05) is 6.07 Å². The van der Waals surface area contributed by atoms with Gasteiger partial charge in [-0.15, -0.1) is 0 Å². The maximum Gasteiger partial charge on any atom is 0.165 e. The molecule has 1 N–H and O–H groups in total. The van der Waals surface area contributed by atoms with Gasteiger partial charge in [-0.3, -0.25) is 4.90 Å². The van der Waals surface area contributed by atoms with Crippen molar-refractivity contribution in [2.45, 2.75) is 24.9 Å². The van der Waals surface area contributed by atoms with Crippen LogP contribution in [0.5, 0.6) is 23.0 Å². The van der Waals surface area contributed by atoms with Gasteiger partial charge in [-0.25, -0.2) is 0 Å². The van der Waals surface area contributed by atoms with E-state index in [4.69, 9.17) is 18.9 Å². The molecule has 0 bridgehead atoms. The van der Waals surface area contributed by atoms with Gasteiger partial charge in [0.2, 0.25) is 0 Å². The number of aliphatic hydroxyl groups is 1. The molecule has 2 aliphatic rings. The second-order valence-electron chi connectivity index (χ2n) is 7.23. The van der Waals surface area contributed by atoms with E-state index in [1.165, 1.54) is 11.1 Å². The number of nitrogens with zero attached hydrogens (tertiary/aromatic N) is 1. The van der Waals surface area contributed by atoms with Crippen molar-refractivity contribution < 1.29 is 24.1 Å². The summed E-state index contributed by atoms with van der Waals surface area (Å²) in [5, 5.41) is 10.4. The van der Waals surface area contributed by atoms with E-state index < -0.39 is 0 Å². The Morgan fingerprint density at radius 3 is 2.29 bits per heavy atom. The van der Waals surface area contributed by atoms with Crippen LogP contribution in [0.2, 0.25) is 0 Å². The Kier molecular flexibility index (Phi) is 5.08. The number of benzene rings is 2. The molecule has 0 unspecified atom stereocenters. The summed E-state index contributed by atoms with van der Waals surface area (Å²) >= 11 is 0. The molecule has 0 saturated heterocycles. The van der Waals surface area contributed by atoms with Gasteiger partial charge in [0.05, 0.1) is 35.0 Å². The Bertz CT molecular complexity index is 882. The van der Waals surface area contributed by atoms with Crippen molar-refractivity contribution in [2.75, 3.05) is 41.6 Å². The standard InChI is InChI=1S/C22H27NO5/c1-25-18-6-5-14-16(22(18)28-4)11-23-8-7-13-9-19(26-2)20(27-3)10-15(13)21(23)17(14)12-24/h5-6,9-10,17,21,24H,7-8,11-12H2,1-4H3/t17-,21-/m1/s1. The average Bonchev–Trinajstić information content (AvgIpc) is 2.75. The minimum Gasteiger partial charge on any atom is -0.493 e. The molecular weight excluding hydrogens is 358 g/mol. The van der Waals surface area contributed by atoms with Crippen molar-refractivity contribution in [3.63, 3.8) is 0 Å². The smallest absolute Gasteiger partial charge is 0.165 e. The largest absolute Gasteiger partial charge is 0.493 e. The number of fused-ring (bicyclic) bond motifs is 4. The molecule has 6 nitrogen and oxygen atoms in total. The molecule has 2 aromatic rings. The molecule has 0 aliphatic carbocycles. The Hall–Kier alpha value is -2.44. The highest BCUT2D eigenvalue weighted by Crippen LogP contribution is 2.50. The quantitative estimate of drug-likeness (QED) is 0.854. The first kappa shape index (κ1) is 18.9. The first-order valence-electron chi connectivity index (χ1n) is 9.50. The molecule has 2 heterocycles. The zero-order valence-electron chi connectivity index (χ0n) is 16.8. The summed E-state index contributed by atoms with van der Waals surface area (Å²) in [5.74, 6) is 2.90. The SMILES string of the molecule is COc1cc2c(cc1OC)[C@@H]1[C@H](CO)c3ccc(OC)c(OC)c3CN1CC2. The van der Waals surface area contributed by atoms with Crippen molar-refractivity contribution in [3.8, 4) is 23.0 Å². The Morgan fingerprint density at radius 2 is 1.64 bits per heavy atom. The third kappa shape index (κ3) is 2.79. The molecule has 2 aromatic carbocycles. The average molecular weight is 385 g/mol. The van der Waals surface area contributed by atoms with E-state index in [0.29, 0.717) is 0 Å². The van der Waals surface area contributed by atoms with E-state index in [0.717, 1.165) is 53.6 Å². The van der Waals surface area contributed by atoms with Crippen LogP contribution in [0.25, 0.3) is 0 Å². The molecule has 0 saturated carbocycles. The zero-order valence-corrected chi connectivity index (χ0v) is 16.8. The monoisotopic (exact) mass is 385 g/mol. The fraction of sp³-hybridized carbons (Fsp3) is 0.455. The van der Waals surface area contributed by atoms with Crippen LogP contribution in [0.4, 0.5) is 0 Å². The highest BCUT2D eigenvalue weighted by Gasteiger charge is 2.41. The van der Waals surface area contributed by atoms with E-state index in [9.17, 15) is 5.11 Å². The number of ether oxygens (including phenoxy) is 4. The minimum atomic E-state index is -0.0549. The van der Waals surface area contributed by atoms with Crippen molar-refractivity contribution in [2.24, 2.45) is 0 Å². The van der Waals surface area contributed by atoms with Gasteiger partial charge in [0.15, 0.2) is 23.0 Å². The Labute approximate surface area is 165 Å². The molecule has 0 radical (unpaired) electrons. The highest BCUT2D eigenvalue weighted by molar-refractivity contribution is 5.56. The maximum atomic E-state index is 10.4. The lowest BCUT2D eigenvalue weighted by Gasteiger charge is -2.46. The highest BCUT2D eigenvalue weighted by atomic mass is 16.5. The molecule has 2 aliphatic heterocycles. The van der Waals surface area contributed by atoms with Crippen molar-refractivity contribution in [1.82, 2.24) is 4.90 Å². The lowest BCUT2D eigenvalue weighted by atomic mass is 9.76. The first-order valence-corrected chi connectivity index (χ1v) is 9.50. The summed E-state index contributed by atoms with van der Waals surface area (Å²) in [6, 6.07) is 8.21. The Balaban J connectivity index is 1.86. The molecule has 150 valence electrons. The van der Waals surface area contributed by atoms with Gasteiger partial charge in [-0.1, -0.05) is 6.07 Å². The number of hydrogen-bond donors (Lipinski definition) is 1. The molecule has 0 spiro atoms. The van der Waals surface area contributed by atoms with Crippen LogP contribution in [-0.4, -0.2) is 51.6 Å². The summed E-state index contributed by atoms with van der Waals surface area (Å²) in [6.07, 6.45) is 0.923. The second kappa shape index (κ2) is 7.53. The third-order valence-electron chi connectivity index (χ3n) is 6.05. The molecule has 28 heavy (non-hydrogen) atoms.